The smallest absolute Gasteiger partial charge is 0.223 e. The molecule has 0 saturated carbocycles. The van der Waals surface area contributed by atoms with Crippen LogP contribution in [0, 0.1) is 0 Å². The van der Waals surface area contributed by atoms with Crippen LogP contribution in [0.4, 0.5) is 0 Å². The van der Waals surface area contributed by atoms with Crippen molar-refractivity contribution in [2.24, 2.45) is 0 Å². The number of halogens is 1. The number of hydrogen-bond acceptors (Lipinski definition) is 3. The summed E-state index contributed by atoms with van der Waals surface area (Å²) in [7, 11) is 0. The van der Waals surface area contributed by atoms with Crippen LogP contribution >= 0.6 is 11.6 Å². The van der Waals surface area contributed by atoms with Crippen LogP contribution in [0.3, 0.4) is 0 Å². The quantitative estimate of drug-likeness (QED) is 0.763. The second kappa shape index (κ2) is 4.94. The minimum Gasteiger partial charge on any atom is -0.439 e. The highest BCUT2D eigenvalue weighted by molar-refractivity contribution is 6.29. The lowest BCUT2D eigenvalue weighted by molar-refractivity contribution is 0.461. The van der Waals surface area contributed by atoms with Crippen LogP contribution in [0.1, 0.15) is 12.5 Å². The summed E-state index contributed by atoms with van der Waals surface area (Å²) in [5.41, 5.74) is 1.27. The van der Waals surface area contributed by atoms with Crippen LogP contribution in [-0.4, -0.2) is 9.97 Å². The lowest BCUT2D eigenvalue weighted by Crippen LogP contribution is -1.89. The molecular formula is C12H11ClN2O. The van der Waals surface area contributed by atoms with E-state index in [9.17, 15) is 0 Å². The van der Waals surface area contributed by atoms with Gasteiger partial charge in [0.15, 0.2) is 0 Å². The molecule has 0 unspecified atom stereocenters. The van der Waals surface area contributed by atoms with Gasteiger partial charge in [-0.15, -0.1) is 0 Å². The summed E-state index contributed by atoms with van der Waals surface area (Å²) in [6, 6.07) is 9.45. The molecule has 16 heavy (non-hydrogen) atoms. The maximum atomic E-state index is 5.73. The monoisotopic (exact) mass is 234 g/mol. The summed E-state index contributed by atoms with van der Waals surface area (Å²) in [5, 5.41) is 0.371. The molecule has 0 fully saturated rings. The van der Waals surface area contributed by atoms with Crippen molar-refractivity contribution in [3.8, 4) is 11.6 Å². The third kappa shape index (κ3) is 2.70. The fourth-order valence-electron chi connectivity index (χ4n) is 1.29. The van der Waals surface area contributed by atoms with Crippen LogP contribution in [0.15, 0.2) is 36.7 Å². The Bertz CT molecular complexity index is 471. The maximum Gasteiger partial charge on any atom is 0.223 e. The van der Waals surface area contributed by atoms with E-state index in [-0.39, 0.29) is 0 Å². The number of aryl methyl sites for hydroxylation is 1. The summed E-state index contributed by atoms with van der Waals surface area (Å²) in [4.78, 5) is 7.74. The van der Waals surface area contributed by atoms with Gasteiger partial charge in [-0.25, -0.2) is 9.97 Å². The Balaban J connectivity index is 2.14. The van der Waals surface area contributed by atoms with Crippen molar-refractivity contribution in [3.63, 3.8) is 0 Å². The number of rotatable bonds is 3. The fraction of sp³-hybridized carbons (Fsp3) is 0.167. The molecule has 0 amide bonds. The fourth-order valence-corrected chi connectivity index (χ4v) is 1.42. The molecule has 1 aromatic carbocycles. The third-order valence-electron chi connectivity index (χ3n) is 2.16. The van der Waals surface area contributed by atoms with E-state index < -0.39 is 0 Å². The number of nitrogens with zero attached hydrogens (tertiary/aromatic N) is 2. The Morgan fingerprint density at radius 2 is 1.94 bits per heavy atom. The Kier molecular flexibility index (Phi) is 3.37. The first-order chi connectivity index (χ1) is 7.78. The topological polar surface area (TPSA) is 35.0 Å². The lowest BCUT2D eigenvalue weighted by Gasteiger charge is -2.04. The van der Waals surface area contributed by atoms with E-state index in [4.69, 9.17) is 16.3 Å². The van der Waals surface area contributed by atoms with Gasteiger partial charge < -0.3 is 4.74 Å². The van der Waals surface area contributed by atoms with Crippen molar-refractivity contribution in [1.82, 2.24) is 9.97 Å². The summed E-state index contributed by atoms with van der Waals surface area (Å²) < 4.78 is 5.52. The Hall–Kier alpha value is -1.61. The van der Waals surface area contributed by atoms with Crippen molar-refractivity contribution >= 4 is 11.6 Å². The molecule has 0 aliphatic heterocycles. The van der Waals surface area contributed by atoms with E-state index in [0.29, 0.717) is 11.0 Å². The number of ether oxygens (including phenoxy) is 1. The summed E-state index contributed by atoms with van der Waals surface area (Å²) in [6.45, 7) is 2.11. The Labute approximate surface area is 99.1 Å². The Morgan fingerprint density at radius 1 is 1.19 bits per heavy atom. The van der Waals surface area contributed by atoms with Gasteiger partial charge in [0.05, 0.1) is 0 Å². The lowest BCUT2D eigenvalue weighted by atomic mass is 10.2. The van der Waals surface area contributed by atoms with Gasteiger partial charge in [0, 0.05) is 6.07 Å². The van der Waals surface area contributed by atoms with Gasteiger partial charge in [-0.3, -0.25) is 0 Å². The predicted molar refractivity (Wildman–Crippen MR) is 62.9 cm³/mol. The molecule has 2 rings (SSSR count). The van der Waals surface area contributed by atoms with Crippen molar-refractivity contribution < 1.29 is 4.74 Å². The highest BCUT2D eigenvalue weighted by atomic mass is 35.5. The zero-order valence-electron chi connectivity index (χ0n) is 8.85. The van der Waals surface area contributed by atoms with E-state index in [0.717, 1.165) is 12.2 Å². The van der Waals surface area contributed by atoms with E-state index in [1.54, 1.807) is 6.07 Å². The molecule has 0 N–H and O–H groups in total. The normalized spacial score (nSPS) is 10.1. The van der Waals surface area contributed by atoms with Crippen LogP contribution < -0.4 is 4.74 Å². The number of benzene rings is 1. The SMILES string of the molecule is CCc1ccc(Oc2cc(Cl)ncn2)cc1. The molecule has 0 atom stereocenters. The van der Waals surface area contributed by atoms with Gasteiger partial charge in [-0.1, -0.05) is 30.7 Å². The molecule has 0 saturated heterocycles. The summed E-state index contributed by atoms with van der Waals surface area (Å²) in [5.74, 6) is 1.19. The molecule has 0 aliphatic rings. The highest BCUT2D eigenvalue weighted by Gasteiger charge is 1.99. The first-order valence-electron chi connectivity index (χ1n) is 5.02. The zero-order valence-corrected chi connectivity index (χ0v) is 9.61. The van der Waals surface area contributed by atoms with Crippen LogP contribution in [0.25, 0.3) is 0 Å². The molecule has 0 bridgehead atoms. The van der Waals surface area contributed by atoms with E-state index in [1.807, 2.05) is 24.3 Å². The van der Waals surface area contributed by atoms with Gasteiger partial charge in [0.1, 0.15) is 17.2 Å². The molecule has 0 radical (unpaired) electrons. The highest BCUT2D eigenvalue weighted by Crippen LogP contribution is 2.21. The molecule has 1 aromatic heterocycles. The van der Waals surface area contributed by atoms with Gasteiger partial charge in [0.2, 0.25) is 5.88 Å². The van der Waals surface area contributed by atoms with Crippen LogP contribution in [0.2, 0.25) is 5.15 Å². The van der Waals surface area contributed by atoms with Crippen molar-refractivity contribution in [2.75, 3.05) is 0 Å². The summed E-state index contributed by atoms with van der Waals surface area (Å²) in [6.07, 6.45) is 2.39. The van der Waals surface area contributed by atoms with E-state index >= 15 is 0 Å². The molecule has 2 aromatic rings. The second-order valence-corrected chi connectivity index (χ2v) is 3.67. The standard InChI is InChI=1S/C12H11ClN2O/c1-2-9-3-5-10(6-4-9)16-12-7-11(13)14-8-15-12/h3-8H,2H2,1H3. The van der Waals surface area contributed by atoms with E-state index in [1.165, 1.54) is 11.9 Å². The van der Waals surface area contributed by atoms with Crippen LogP contribution in [0.5, 0.6) is 11.6 Å². The first-order valence-corrected chi connectivity index (χ1v) is 5.40. The molecule has 82 valence electrons. The minimum atomic E-state index is 0.371. The van der Waals surface area contributed by atoms with E-state index in [2.05, 4.69) is 16.9 Å². The molecule has 3 nitrogen and oxygen atoms in total. The second-order valence-electron chi connectivity index (χ2n) is 3.28. The molecule has 4 heteroatoms. The van der Waals surface area contributed by atoms with Crippen molar-refractivity contribution in [1.29, 1.82) is 0 Å². The predicted octanol–water partition coefficient (Wildman–Crippen LogP) is 3.48. The third-order valence-corrected chi connectivity index (χ3v) is 2.37. The van der Waals surface area contributed by atoms with Gasteiger partial charge in [-0.2, -0.15) is 0 Å². The number of hydrogen-bond donors (Lipinski definition) is 0. The number of aromatic nitrogens is 2. The minimum absolute atomic E-state index is 0.371. The molecule has 0 spiro atoms. The largest absolute Gasteiger partial charge is 0.439 e. The zero-order chi connectivity index (χ0) is 11.4. The molecule has 0 aliphatic carbocycles. The van der Waals surface area contributed by atoms with Gasteiger partial charge in [0.25, 0.3) is 0 Å². The van der Waals surface area contributed by atoms with Crippen molar-refractivity contribution in [2.45, 2.75) is 13.3 Å². The summed E-state index contributed by atoms with van der Waals surface area (Å²) >= 11 is 5.73. The average Bonchev–Trinajstić information content (AvgIpc) is 2.30. The van der Waals surface area contributed by atoms with Gasteiger partial charge >= 0.3 is 0 Å². The molecule has 1 heterocycles. The van der Waals surface area contributed by atoms with Crippen LogP contribution in [-0.2, 0) is 6.42 Å². The average molecular weight is 235 g/mol. The first kappa shape index (κ1) is 10.9. The van der Waals surface area contributed by atoms with Crippen molar-refractivity contribution in [3.05, 3.63) is 47.4 Å². The molecular weight excluding hydrogens is 224 g/mol. The van der Waals surface area contributed by atoms with Gasteiger partial charge in [-0.05, 0) is 24.1 Å². The maximum absolute atomic E-state index is 5.73. The Morgan fingerprint density at radius 3 is 2.56 bits per heavy atom.